The largest absolute Gasteiger partial charge is 0.333 e. The minimum absolute atomic E-state index is 0.0182. The summed E-state index contributed by atoms with van der Waals surface area (Å²) in [6, 6.07) is 4.17. The highest BCUT2D eigenvalue weighted by Crippen LogP contribution is 2.23. The van der Waals surface area contributed by atoms with Gasteiger partial charge in [0.25, 0.3) is 11.2 Å². The molecule has 1 aromatic carbocycles. The summed E-state index contributed by atoms with van der Waals surface area (Å²) in [5, 5.41) is 3.39. The van der Waals surface area contributed by atoms with Crippen LogP contribution in [0.4, 0.5) is 4.39 Å². The van der Waals surface area contributed by atoms with E-state index in [1.807, 2.05) is 0 Å². The van der Waals surface area contributed by atoms with E-state index >= 15 is 0 Å². The maximum absolute atomic E-state index is 13.0. The minimum Gasteiger partial charge on any atom is -0.333 e. The van der Waals surface area contributed by atoms with E-state index in [0.29, 0.717) is 5.56 Å². The van der Waals surface area contributed by atoms with E-state index in [1.165, 1.54) is 12.1 Å². The van der Waals surface area contributed by atoms with Crippen molar-refractivity contribution in [3.63, 3.8) is 0 Å². The molecule has 0 amide bonds. The molecule has 0 saturated heterocycles. The van der Waals surface area contributed by atoms with E-state index in [1.54, 1.807) is 6.07 Å². The standard InChI is InChI=1S/C8H3Cl2FN2O/c9-5-2-1-4(3-6(5)11)7-12-8(10)13-14-7/h1-3H. The van der Waals surface area contributed by atoms with Crippen molar-refractivity contribution >= 4 is 23.2 Å². The molecule has 1 aromatic heterocycles. The first-order valence-corrected chi connectivity index (χ1v) is 4.37. The summed E-state index contributed by atoms with van der Waals surface area (Å²) in [6.07, 6.45) is 0. The van der Waals surface area contributed by atoms with Crippen molar-refractivity contribution in [2.24, 2.45) is 0 Å². The van der Waals surface area contributed by atoms with Crippen LogP contribution in [0, 0.1) is 5.82 Å². The Kier molecular flexibility index (Phi) is 2.39. The van der Waals surface area contributed by atoms with Crippen LogP contribution in [0.25, 0.3) is 11.5 Å². The monoisotopic (exact) mass is 232 g/mol. The van der Waals surface area contributed by atoms with Crippen molar-refractivity contribution in [2.45, 2.75) is 0 Å². The van der Waals surface area contributed by atoms with E-state index in [4.69, 9.17) is 27.7 Å². The molecule has 0 aliphatic heterocycles. The molecule has 0 bridgehead atoms. The molecule has 0 atom stereocenters. The quantitative estimate of drug-likeness (QED) is 0.759. The predicted octanol–water partition coefficient (Wildman–Crippen LogP) is 3.18. The van der Waals surface area contributed by atoms with Gasteiger partial charge in [0.15, 0.2) is 0 Å². The Morgan fingerprint density at radius 2 is 2.07 bits per heavy atom. The maximum atomic E-state index is 13.0. The Bertz CT molecular complexity index is 472. The van der Waals surface area contributed by atoms with Gasteiger partial charge in [-0.3, -0.25) is 0 Å². The number of halogens is 3. The van der Waals surface area contributed by atoms with Crippen LogP contribution in [0.1, 0.15) is 0 Å². The van der Waals surface area contributed by atoms with Gasteiger partial charge < -0.3 is 4.52 Å². The van der Waals surface area contributed by atoms with Gasteiger partial charge >= 0.3 is 0 Å². The molecule has 2 rings (SSSR count). The maximum Gasteiger partial charge on any atom is 0.264 e. The molecular weight excluding hydrogens is 230 g/mol. The van der Waals surface area contributed by atoms with Crippen LogP contribution in [-0.4, -0.2) is 10.1 Å². The van der Waals surface area contributed by atoms with E-state index in [0.717, 1.165) is 0 Å². The van der Waals surface area contributed by atoms with Gasteiger partial charge in [-0.25, -0.2) is 4.39 Å². The summed E-state index contributed by atoms with van der Waals surface area (Å²) < 4.78 is 17.8. The van der Waals surface area contributed by atoms with Crippen LogP contribution >= 0.6 is 23.2 Å². The minimum atomic E-state index is -0.543. The van der Waals surface area contributed by atoms with E-state index in [2.05, 4.69) is 10.1 Å². The van der Waals surface area contributed by atoms with Crippen molar-refractivity contribution in [3.05, 3.63) is 34.3 Å². The molecule has 2 aromatic rings. The van der Waals surface area contributed by atoms with Gasteiger partial charge in [-0.05, 0) is 35.0 Å². The van der Waals surface area contributed by atoms with Crippen LogP contribution < -0.4 is 0 Å². The number of nitrogens with zero attached hydrogens (tertiary/aromatic N) is 2. The predicted molar refractivity (Wildman–Crippen MR) is 49.7 cm³/mol. The normalized spacial score (nSPS) is 10.5. The van der Waals surface area contributed by atoms with Gasteiger partial charge in [-0.1, -0.05) is 11.6 Å². The number of hydrogen-bond donors (Lipinski definition) is 0. The van der Waals surface area contributed by atoms with Crippen molar-refractivity contribution in [2.75, 3.05) is 0 Å². The Balaban J connectivity index is 2.47. The van der Waals surface area contributed by atoms with Gasteiger partial charge in [-0.2, -0.15) is 4.98 Å². The van der Waals surface area contributed by atoms with Crippen LogP contribution in [0.15, 0.2) is 22.7 Å². The SMILES string of the molecule is Fc1cc(-c2nc(Cl)no2)ccc1Cl. The van der Waals surface area contributed by atoms with Crippen molar-refractivity contribution in [3.8, 4) is 11.5 Å². The van der Waals surface area contributed by atoms with Crippen molar-refractivity contribution in [1.82, 2.24) is 10.1 Å². The lowest BCUT2D eigenvalue weighted by Gasteiger charge is -1.95. The lowest BCUT2D eigenvalue weighted by Crippen LogP contribution is -1.81. The molecule has 6 heteroatoms. The second-order valence-electron chi connectivity index (χ2n) is 2.50. The van der Waals surface area contributed by atoms with Gasteiger partial charge in [0.2, 0.25) is 0 Å². The molecule has 0 saturated carbocycles. The fourth-order valence-electron chi connectivity index (χ4n) is 0.952. The highest BCUT2D eigenvalue weighted by atomic mass is 35.5. The zero-order valence-corrected chi connectivity index (χ0v) is 8.18. The van der Waals surface area contributed by atoms with Crippen molar-refractivity contribution in [1.29, 1.82) is 0 Å². The third kappa shape index (κ3) is 1.71. The summed E-state index contributed by atoms with van der Waals surface area (Å²) in [6.45, 7) is 0. The molecule has 0 spiro atoms. The molecule has 72 valence electrons. The Hall–Kier alpha value is -1.13. The number of hydrogen-bond acceptors (Lipinski definition) is 3. The van der Waals surface area contributed by atoms with Crippen LogP contribution in [-0.2, 0) is 0 Å². The number of aromatic nitrogens is 2. The number of benzene rings is 1. The van der Waals surface area contributed by atoms with Crippen molar-refractivity contribution < 1.29 is 8.91 Å². The molecule has 0 fully saturated rings. The zero-order chi connectivity index (χ0) is 10.1. The number of rotatable bonds is 1. The third-order valence-corrected chi connectivity index (χ3v) is 2.03. The topological polar surface area (TPSA) is 38.9 Å². The molecule has 0 N–H and O–H groups in total. The smallest absolute Gasteiger partial charge is 0.264 e. The first kappa shape index (κ1) is 9.43. The molecule has 3 nitrogen and oxygen atoms in total. The Morgan fingerprint density at radius 1 is 1.29 bits per heavy atom. The van der Waals surface area contributed by atoms with E-state index in [-0.39, 0.29) is 16.2 Å². The fourth-order valence-corrected chi connectivity index (χ4v) is 1.18. The highest BCUT2D eigenvalue weighted by Gasteiger charge is 2.09. The molecule has 0 aliphatic rings. The highest BCUT2D eigenvalue weighted by molar-refractivity contribution is 6.30. The first-order valence-electron chi connectivity index (χ1n) is 3.61. The van der Waals surface area contributed by atoms with Gasteiger partial charge in [0.05, 0.1) is 5.02 Å². The van der Waals surface area contributed by atoms with E-state index < -0.39 is 5.82 Å². The molecular formula is C8H3Cl2FN2O. The summed E-state index contributed by atoms with van der Waals surface area (Å²) in [5.41, 5.74) is 0.436. The Labute approximate surface area is 88.4 Å². The second-order valence-corrected chi connectivity index (χ2v) is 3.24. The van der Waals surface area contributed by atoms with Gasteiger partial charge in [0, 0.05) is 5.56 Å². The van der Waals surface area contributed by atoms with Crippen LogP contribution in [0.5, 0.6) is 0 Å². The first-order chi connectivity index (χ1) is 6.66. The second kappa shape index (κ2) is 3.55. The average molecular weight is 233 g/mol. The summed E-state index contributed by atoms with van der Waals surface area (Å²) in [4.78, 5) is 3.73. The van der Waals surface area contributed by atoms with E-state index in [9.17, 15) is 4.39 Å². The Morgan fingerprint density at radius 3 is 2.64 bits per heavy atom. The zero-order valence-electron chi connectivity index (χ0n) is 6.67. The molecule has 14 heavy (non-hydrogen) atoms. The molecule has 0 radical (unpaired) electrons. The third-order valence-electron chi connectivity index (χ3n) is 1.57. The van der Waals surface area contributed by atoms with Gasteiger partial charge in [0.1, 0.15) is 5.82 Å². The average Bonchev–Trinajstić information content (AvgIpc) is 2.57. The summed E-state index contributed by atoms with van der Waals surface area (Å²) >= 11 is 11.0. The lowest BCUT2D eigenvalue weighted by molar-refractivity contribution is 0.430. The summed E-state index contributed by atoms with van der Waals surface area (Å²) in [7, 11) is 0. The van der Waals surface area contributed by atoms with Crippen LogP contribution in [0.2, 0.25) is 10.3 Å². The molecule has 0 unspecified atom stereocenters. The fraction of sp³-hybridized carbons (Fsp3) is 0. The van der Waals surface area contributed by atoms with Crippen LogP contribution in [0.3, 0.4) is 0 Å². The lowest BCUT2D eigenvalue weighted by atomic mass is 10.2. The summed E-state index contributed by atoms with van der Waals surface area (Å²) in [5.74, 6) is -0.385. The molecule has 1 heterocycles. The van der Waals surface area contributed by atoms with Gasteiger partial charge in [-0.15, -0.1) is 0 Å². The molecule has 0 aliphatic carbocycles.